The van der Waals surface area contributed by atoms with E-state index in [4.69, 9.17) is 4.74 Å². The Kier molecular flexibility index (Phi) is 50.6. The van der Waals surface area contributed by atoms with Gasteiger partial charge in [0.2, 0.25) is 5.91 Å². The van der Waals surface area contributed by atoms with Crippen LogP contribution in [0.5, 0.6) is 0 Å². The minimum absolute atomic E-state index is 0.0274. The Morgan fingerprint density at radius 1 is 0.439 bits per heavy atom. The molecule has 3 N–H and O–H groups in total. The number of unbranched alkanes of at least 4 members (excludes halogenated alkanes) is 23. The number of aliphatic hydroxyl groups excluding tert-OH is 2. The average molecular weight is 921 g/mol. The van der Waals surface area contributed by atoms with Crippen LogP contribution in [0.15, 0.2) is 85.1 Å². The summed E-state index contributed by atoms with van der Waals surface area (Å²) in [7, 11) is 0. The van der Waals surface area contributed by atoms with Gasteiger partial charge in [-0.15, -0.1) is 0 Å². The van der Waals surface area contributed by atoms with Gasteiger partial charge in [-0.1, -0.05) is 228 Å². The van der Waals surface area contributed by atoms with E-state index in [0.29, 0.717) is 19.3 Å². The fourth-order valence-electron chi connectivity index (χ4n) is 7.96. The maximum atomic E-state index is 13.2. The van der Waals surface area contributed by atoms with Crippen molar-refractivity contribution in [3.63, 3.8) is 0 Å². The van der Waals surface area contributed by atoms with Crippen LogP contribution in [0.2, 0.25) is 0 Å². The molecule has 0 fully saturated rings. The third kappa shape index (κ3) is 47.5. The molecule has 380 valence electrons. The molecule has 3 unspecified atom stereocenters. The van der Waals surface area contributed by atoms with Crippen LogP contribution in [0.4, 0.5) is 0 Å². The lowest BCUT2D eigenvalue weighted by molar-refractivity contribution is -0.151. The lowest BCUT2D eigenvalue weighted by Gasteiger charge is -2.24. The lowest BCUT2D eigenvalue weighted by atomic mass is 10.0. The maximum absolute atomic E-state index is 13.2. The van der Waals surface area contributed by atoms with Gasteiger partial charge in [0.25, 0.3) is 0 Å². The number of esters is 1. The lowest BCUT2D eigenvalue weighted by Crippen LogP contribution is -2.46. The Morgan fingerprint density at radius 3 is 1.23 bits per heavy atom. The molecule has 3 atom stereocenters. The number of ether oxygens (including phenoxy) is 1. The molecule has 0 aromatic rings. The van der Waals surface area contributed by atoms with Crippen LogP contribution < -0.4 is 5.32 Å². The largest absolute Gasteiger partial charge is 0.462 e. The minimum Gasteiger partial charge on any atom is -0.462 e. The standard InChI is InChI=1S/C60H105NO5/c1-4-7-10-13-16-19-22-25-27-29-31-34-36-39-42-45-48-51-56(66-60(65)53-50-47-44-41-38-35-32-30-28-26-23-20-17-14-11-8-5-2)54-59(64)61-57(55-62)58(63)52-49-46-43-40-37-33-24-21-18-15-12-9-6-3/h16-17,19-20,25-28,31-32,34-35,39,42,56-58,62-63H,4-15,18,21-24,29-30,33,36-38,40-41,43-55H2,1-3H3,(H,61,64)/b19-16-,20-17-,27-25-,28-26-,34-31-,35-32-,42-39-. The predicted octanol–water partition coefficient (Wildman–Crippen LogP) is 17.1. The summed E-state index contributed by atoms with van der Waals surface area (Å²) in [5, 5.41) is 23.8. The maximum Gasteiger partial charge on any atom is 0.306 e. The van der Waals surface area contributed by atoms with Crippen LogP contribution in [0.3, 0.4) is 0 Å². The molecule has 0 aliphatic carbocycles. The first kappa shape index (κ1) is 63.0. The predicted molar refractivity (Wildman–Crippen MR) is 287 cm³/mol. The van der Waals surface area contributed by atoms with E-state index >= 15 is 0 Å². The van der Waals surface area contributed by atoms with Crippen LogP contribution in [0.25, 0.3) is 0 Å². The Balaban J connectivity index is 4.73. The zero-order valence-corrected chi connectivity index (χ0v) is 43.3. The zero-order chi connectivity index (χ0) is 48.1. The number of aliphatic hydroxyl groups is 2. The highest BCUT2D eigenvalue weighted by Crippen LogP contribution is 2.17. The number of allylic oxidation sites excluding steroid dienone is 14. The molecule has 0 aromatic heterocycles. The minimum atomic E-state index is -0.810. The van der Waals surface area contributed by atoms with E-state index in [9.17, 15) is 19.8 Å². The second-order valence-corrected chi connectivity index (χ2v) is 18.6. The summed E-state index contributed by atoms with van der Waals surface area (Å²) in [6.45, 7) is 6.41. The number of carbonyl (C=O) groups excluding carboxylic acids is 2. The molecule has 0 aromatic carbocycles. The molecule has 0 spiro atoms. The van der Waals surface area contributed by atoms with Crippen LogP contribution >= 0.6 is 0 Å². The highest BCUT2D eigenvalue weighted by molar-refractivity contribution is 5.77. The molecule has 0 radical (unpaired) electrons. The molecule has 0 saturated carbocycles. The van der Waals surface area contributed by atoms with Crippen LogP contribution in [0, 0.1) is 0 Å². The van der Waals surface area contributed by atoms with Gasteiger partial charge in [-0.2, -0.15) is 0 Å². The summed E-state index contributed by atoms with van der Waals surface area (Å²) in [6, 6.07) is -0.728. The highest BCUT2D eigenvalue weighted by atomic mass is 16.5. The van der Waals surface area contributed by atoms with Crippen LogP contribution in [0.1, 0.15) is 258 Å². The third-order valence-electron chi connectivity index (χ3n) is 12.2. The molecule has 6 heteroatoms. The van der Waals surface area contributed by atoms with Crippen molar-refractivity contribution in [1.82, 2.24) is 5.32 Å². The van der Waals surface area contributed by atoms with Crippen molar-refractivity contribution in [3.8, 4) is 0 Å². The highest BCUT2D eigenvalue weighted by Gasteiger charge is 2.24. The van der Waals surface area contributed by atoms with Gasteiger partial charge >= 0.3 is 5.97 Å². The normalized spacial score (nSPS) is 13.8. The summed E-state index contributed by atoms with van der Waals surface area (Å²) in [5.74, 6) is -0.554. The van der Waals surface area contributed by atoms with E-state index in [1.54, 1.807) is 0 Å². The Morgan fingerprint density at radius 2 is 0.788 bits per heavy atom. The SMILES string of the molecule is CCCCC/C=C\C/C=C\C/C=C\C/C=C\CCCC(CC(=O)NC(CO)C(O)CCCCCCCCCCCCCCC)OC(=O)CCCCCC/C=C\C/C=C\C/C=C\CCCCC. The molecule has 1 amide bonds. The fourth-order valence-corrected chi connectivity index (χ4v) is 7.96. The first-order chi connectivity index (χ1) is 32.5. The van der Waals surface area contributed by atoms with Gasteiger partial charge in [0.1, 0.15) is 6.10 Å². The molecule has 0 saturated heterocycles. The summed E-state index contributed by atoms with van der Waals surface area (Å²) in [4.78, 5) is 26.2. The summed E-state index contributed by atoms with van der Waals surface area (Å²) >= 11 is 0. The number of hydrogen-bond donors (Lipinski definition) is 3. The van der Waals surface area contributed by atoms with E-state index in [1.165, 1.54) is 116 Å². The van der Waals surface area contributed by atoms with Gasteiger partial charge in [-0.05, 0) is 103 Å². The second kappa shape index (κ2) is 53.0. The second-order valence-electron chi connectivity index (χ2n) is 18.6. The smallest absolute Gasteiger partial charge is 0.306 e. The van der Waals surface area contributed by atoms with E-state index in [1.807, 2.05) is 0 Å². The van der Waals surface area contributed by atoms with Crippen molar-refractivity contribution in [2.24, 2.45) is 0 Å². The van der Waals surface area contributed by atoms with E-state index in [-0.39, 0.29) is 24.9 Å². The molecule has 0 bridgehead atoms. The number of nitrogens with one attached hydrogen (secondary N) is 1. The van der Waals surface area contributed by atoms with Crippen molar-refractivity contribution in [2.45, 2.75) is 277 Å². The topological polar surface area (TPSA) is 95.9 Å². The van der Waals surface area contributed by atoms with Crippen LogP contribution in [-0.4, -0.2) is 46.9 Å². The van der Waals surface area contributed by atoms with Crippen molar-refractivity contribution in [1.29, 1.82) is 0 Å². The number of rotatable bonds is 49. The number of hydrogen-bond acceptors (Lipinski definition) is 5. The first-order valence-electron chi connectivity index (χ1n) is 27.8. The summed E-state index contributed by atoms with van der Waals surface area (Å²) < 4.78 is 5.92. The van der Waals surface area contributed by atoms with Crippen molar-refractivity contribution < 1.29 is 24.5 Å². The fraction of sp³-hybridized carbons (Fsp3) is 0.733. The van der Waals surface area contributed by atoms with Crippen LogP contribution in [-0.2, 0) is 14.3 Å². The molecular formula is C60H105NO5. The Bertz CT molecular complexity index is 1260. The van der Waals surface area contributed by atoms with Gasteiger partial charge < -0.3 is 20.3 Å². The molecular weight excluding hydrogens is 815 g/mol. The molecule has 0 heterocycles. The third-order valence-corrected chi connectivity index (χ3v) is 12.2. The van der Waals surface area contributed by atoms with Gasteiger partial charge in [-0.3, -0.25) is 9.59 Å². The van der Waals surface area contributed by atoms with Crippen molar-refractivity contribution in [2.75, 3.05) is 6.61 Å². The average Bonchev–Trinajstić information content (AvgIpc) is 3.31. The van der Waals surface area contributed by atoms with Gasteiger partial charge in [0.15, 0.2) is 0 Å². The Hall–Kier alpha value is -2.96. The molecule has 0 aliphatic heterocycles. The monoisotopic (exact) mass is 920 g/mol. The summed E-state index contributed by atoms with van der Waals surface area (Å²) in [6.07, 6.45) is 69.3. The van der Waals surface area contributed by atoms with Gasteiger partial charge in [-0.25, -0.2) is 0 Å². The van der Waals surface area contributed by atoms with E-state index in [2.05, 4.69) is 111 Å². The van der Waals surface area contributed by atoms with E-state index < -0.39 is 18.2 Å². The Labute approximate surface area is 408 Å². The van der Waals surface area contributed by atoms with Gasteiger partial charge in [0.05, 0.1) is 25.2 Å². The molecule has 66 heavy (non-hydrogen) atoms. The van der Waals surface area contributed by atoms with E-state index in [0.717, 1.165) is 96.3 Å². The quantitative estimate of drug-likeness (QED) is 0.0321. The summed E-state index contributed by atoms with van der Waals surface area (Å²) in [5.41, 5.74) is 0. The number of amides is 1. The zero-order valence-electron chi connectivity index (χ0n) is 43.3. The first-order valence-corrected chi connectivity index (χ1v) is 27.8. The molecule has 6 nitrogen and oxygen atoms in total. The van der Waals surface area contributed by atoms with Crippen molar-refractivity contribution in [3.05, 3.63) is 85.1 Å². The van der Waals surface area contributed by atoms with Gasteiger partial charge in [0, 0.05) is 6.42 Å². The molecule has 0 rings (SSSR count). The number of carbonyl (C=O) groups is 2. The molecule has 0 aliphatic rings. The van der Waals surface area contributed by atoms with Crippen molar-refractivity contribution >= 4 is 11.9 Å².